The van der Waals surface area contributed by atoms with Gasteiger partial charge in [-0.05, 0) is 44.0 Å². The molecule has 1 amide bonds. The van der Waals surface area contributed by atoms with Crippen LogP contribution in [0, 0.1) is 13.8 Å². The van der Waals surface area contributed by atoms with Crippen molar-refractivity contribution in [1.29, 1.82) is 0 Å². The van der Waals surface area contributed by atoms with Crippen LogP contribution in [0.2, 0.25) is 0 Å². The number of ether oxygens (including phenoxy) is 2. The SMILES string of the molecule is CCOc1ccc(C=NNC(=O)COc2c(C)cccc2C)c(O)c1. The van der Waals surface area contributed by atoms with Crippen molar-refractivity contribution < 1.29 is 19.4 Å². The minimum absolute atomic E-state index is 0.0238. The van der Waals surface area contributed by atoms with Gasteiger partial charge in [-0.2, -0.15) is 5.10 Å². The Morgan fingerprint density at radius 3 is 2.56 bits per heavy atom. The molecule has 0 aromatic heterocycles. The van der Waals surface area contributed by atoms with Crippen molar-refractivity contribution in [2.24, 2.45) is 5.10 Å². The van der Waals surface area contributed by atoms with Gasteiger partial charge in [-0.1, -0.05) is 18.2 Å². The predicted molar refractivity (Wildman–Crippen MR) is 96.4 cm³/mol. The van der Waals surface area contributed by atoms with Crippen molar-refractivity contribution >= 4 is 12.1 Å². The molecule has 0 atom stereocenters. The Morgan fingerprint density at radius 1 is 1.20 bits per heavy atom. The summed E-state index contributed by atoms with van der Waals surface area (Å²) >= 11 is 0. The first-order valence-corrected chi connectivity index (χ1v) is 7.98. The Balaban J connectivity index is 1.88. The Morgan fingerprint density at radius 2 is 1.92 bits per heavy atom. The van der Waals surface area contributed by atoms with Crippen LogP contribution >= 0.6 is 0 Å². The van der Waals surface area contributed by atoms with Gasteiger partial charge in [0.2, 0.25) is 0 Å². The van der Waals surface area contributed by atoms with Gasteiger partial charge < -0.3 is 14.6 Å². The quantitative estimate of drug-likeness (QED) is 0.599. The summed E-state index contributed by atoms with van der Waals surface area (Å²) in [6.07, 6.45) is 1.36. The number of nitrogens with zero attached hydrogens (tertiary/aromatic N) is 1. The average molecular weight is 342 g/mol. The van der Waals surface area contributed by atoms with Crippen LogP contribution in [0.3, 0.4) is 0 Å². The number of benzene rings is 2. The highest BCUT2D eigenvalue weighted by atomic mass is 16.5. The number of aryl methyl sites for hydroxylation is 2. The zero-order chi connectivity index (χ0) is 18.2. The van der Waals surface area contributed by atoms with Crippen LogP contribution in [-0.2, 0) is 4.79 Å². The third-order valence-electron chi connectivity index (χ3n) is 3.46. The van der Waals surface area contributed by atoms with Gasteiger partial charge in [0.1, 0.15) is 17.2 Å². The molecule has 0 aliphatic rings. The average Bonchev–Trinajstić information content (AvgIpc) is 2.56. The first-order valence-electron chi connectivity index (χ1n) is 7.98. The highest BCUT2D eigenvalue weighted by Crippen LogP contribution is 2.23. The molecule has 0 saturated carbocycles. The number of hydrazone groups is 1. The molecule has 6 heteroatoms. The molecule has 6 nitrogen and oxygen atoms in total. The lowest BCUT2D eigenvalue weighted by molar-refractivity contribution is -0.123. The molecule has 0 heterocycles. The Kier molecular flexibility index (Phi) is 6.39. The number of nitrogens with one attached hydrogen (secondary N) is 1. The number of aromatic hydroxyl groups is 1. The van der Waals surface area contributed by atoms with Crippen LogP contribution in [0.25, 0.3) is 0 Å². The minimum atomic E-state index is -0.385. The van der Waals surface area contributed by atoms with E-state index in [4.69, 9.17) is 9.47 Å². The summed E-state index contributed by atoms with van der Waals surface area (Å²) in [7, 11) is 0. The first kappa shape index (κ1) is 18.3. The van der Waals surface area contributed by atoms with E-state index in [0.717, 1.165) is 11.1 Å². The summed E-state index contributed by atoms with van der Waals surface area (Å²) in [5, 5.41) is 13.7. The number of hydrogen-bond donors (Lipinski definition) is 2. The van der Waals surface area contributed by atoms with Gasteiger partial charge in [-0.15, -0.1) is 0 Å². The second kappa shape index (κ2) is 8.73. The molecule has 2 aromatic rings. The topological polar surface area (TPSA) is 80.2 Å². The lowest BCUT2D eigenvalue weighted by Crippen LogP contribution is -2.25. The summed E-state index contributed by atoms with van der Waals surface area (Å²) in [5.41, 5.74) is 4.78. The number of rotatable bonds is 7. The highest BCUT2D eigenvalue weighted by molar-refractivity contribution is 5.85. The lowest BCUT2D eigenvalue weighted by atomic mass is 10.1. The molecule has 0 aliphatic heterocycles. The number of phenolic OH excluding ortho intramolecular Hbond substituents is 1. The third kappa shape index (κ3) is 5.24. The molecule has 0 fully saturated rings. The number of carbonyl (C=O) groups excluding carboxylic acids is 1. The molecule has 25 heavy (non-hydrogen) atoms. The molecule has 132 valence electrons. The zero-order valence-electron chi connectivity index (χ0n) is 14.6. The van der Waals surface area contributed by atoms with E-state index in [2.05, 4.69) is 10.5 Å². The Labute approximate surface area is 147 Å². The summed E-state index contributed by atoms with van der Waals surface area (Å²) in [6.45, 7) is 6.09. The summed E-state index contributed by atoms with van der Waals surface area (Å²) in [6, 6.07) is 10.7. The van der Waals surface area contributed by atoms with E-state index in [0.29, 0.717) is 23.7 Å². The van der Waals surface area contributed by atoms with E-state index in [-0.39, 0.29) is 18.3 Å². The summed E-state index contributed by atoms with van der Waals surface area (Å²) in [5.74, 6) is 0.911. The van der Waals surface area contributed by atoms with Crippen LogP contribution in [-0.4, -0.2) is 30.4 Å². The monoisotopic (exact) mass is 342 g/mol. The third-order valence-corrected chi connectivity index (χ3v) is 3.46. The number of para-hydroxylation sites is 1. The highest BCUT2D eigenvalue weighted by Gasteiger charge is 2.07. The fourth-order valence-corrected chi connectivity index (χ4v) is 2.26. The van der Waals surface area contributed by atoms with E-state index in [9.17, 15) is 9.90 Å². The number of hydrogen-bond acceptors (Lipinski definition) is 5. The predicted octanol–water partition coefficient (Wildman–Crippen LogP) is 2.94. The lowest BCUT2D eigenvalue weighted by Gasteiger charge is -2.10. The maximum atomic E-state index is 11.8. The van der Waals surface area contributed by atoms with E-state index in [1.165, 1.54) is 12.3 Å². The van der Waals surface area contributed by atoms with E-state index in [1.807, 2.05) is 39.0 Å². The van der Waals surface area contributed by atoms with Gasteiger partial charge in [0.25, 0.3) is 5.91 Å². The second-order valence-corrected chi connectivity index (χ2v) is 5.46. The van der Waals surface area contributed by atoms with Crippen molar-refractivity contribution in [1.82, 2.24) is 5.43 Å². The van der Waals surface area contributed by atoms with Crippen LogP contribution in [0.1, 0.15) is 23.6 Å². The maximum Gasteiger partial charge on any atom is 0.277 e. The van der Waals surface area contributed by atoms with Crippen LogP contribution in [0.15, 0.2) is 41.5 Å². The van der Waals surface area contributed by atoms with Gasteiger partial charge in [-0.25, -0.2) is 5.43 Å². The molecule has 0 radical (unpaired) electrons. The smallest absolute Gasteiger partial charge is 0.277 e. The molecule has 0 unspecified atom stereocenters. The standard InChI is InChI=1S/C19H22N2O4/c1-4-24-16-9-8-15(17(22)10-16)11-20-21-18(23)12-25-19-13(2)6-5-7-14(19)3/h5-11,22H,4,12H2,1-3H3,(H,21,23). The van der Waals surface area contributed by atoms with E-state index >= 15 is 0 Å². The minimum Gasteiger partial charge on any atom is -0.507 e. The Bertz CT molecular complexity index is 752. The van der Waals surface area contributed by atoms with Gasteiger partial charge >= 0.3 is 0 Å². The van der Waals surface area contributed by atoms with Crippen molar-refractivity contribution in [3.8, 4) is 17.2 Å². The number of amides is 1. The maximum absolute atomic E-state index is 11.8. The molecule has 2 aromatic carbocycles. The molecule has 0 saturated heterocycles. The van der Waals surface area contributed by atoms with Gasteiger partial charge in [0.05, 0.1) is 12.8 Å². The first-order chi connectivity index (χ1) is 12.0. The Hall–Kier alpha value is -3.02. The van der Waals surface area contributed by atoms with E-state index < -0.39 is 0 Å². The van der Waals surface area contributed by atoms with Crippen molar-refractivity contribution in [2.45, 2.75) is 20.8 Å². The van der Waals surface area contributed by atoms with Crippen molar-refractivity contribution in [3.63, 3.8) is 0 Å². The van der Waals surface area contributed by atoms with Crippen molar-refractivity contribution in [3.05, 3.63) is 53.1 Å². The molecular weight excluding hydrogens is 320 g/mol. The molecule has 0 spiro atoms. The fourth-order valence-electron chi connectivity index (χ4n) is 2.26. The van der Waals surface area contributed by atoms with E-state index in [1.54, 1.807) is 12.1 Å². The normalized spacial score (nSPS) is 10.7. The largest absolute Gasteiger partial charge is 0.507 e. The van der Waals surface area contributed by atoms with Gasteiger partial charge in [-0.3, -0.25) is 4.79 Å². The van der Waals surface area contributed by atoms with Gasteiger partial charge in [0, 0.05) is 11.6 Å². The zero-order valence-corrected chi connectivity index (χ0v) is 14.6. The summed E-state index contributed by atoms with van der Waals surface area (Å²) in [4.78, 5) is 11.8. The fraction of sp³-hybridized carbons (Fsp3) is 0.263. The molecule has 0 bridgehead atoms. The van der Waals surface area contributed by atoms with Crippen molar-refractivity contribution in [2.75, 3.05) is 13.2 Å². The molecule has 2 N–H and O–H groups in total. The summed E-state index contributed by atoms with van der Waals surface area (Å²) < 4.78 is 10.8. The van der Waals surface area contributed by atoms with Crippen LogP contribution in [0.4, 0.5) is 0 Å². The van der Waals surface area contributed by atoms with Gasteiger partial charge in [0.15, 0.2) is 6.61 Å². The number of phenols is 1. The van der Waals surface area contributed by atoms with Crippen LogP contribution in [0.5, 0.6) is 17.2 Å². The van der Waals surface area contributed by atoms with Crippen LogP contribution < -0.4 is 14.9 Å². The molecular formula is C19H22N2O4. The number of carbonyl (C=O) groups is 1. The molecule has 0 aliphatic carbocycles. The molecule has 2 rings (SSSR count). The second-order valence-electron chi connectivity index (χ2n) is 5.46.